The van der Waals surface area contributed by atoms with Crippen LogP contribution in [0.5, 0.6) is 0 Å². The average Bonchev–Trinajstić information content (AvgIpc) is 3.14. The Morgan fingerprint density at radius 1 is 0.833 bits per heavy atom. The van der Waals surface area contributed by atoms with Gasteiger partial charge in [-0.05, 0) is 67.3 Å². The molecule has 0 N–H and O–H groups in total. The van der Waals surface area contributed by atoms with Gasteiger partial charge in [-0.15, -0.1) is 0 Å². The highest BCUT2D eigenvalue weighted by Crippen LogP contribution is 2.64. The fourth-order valence-corrected chi connectivity index (χ4v) is 6.65. The number of Topliss-reactive ketones (excluding diaryl/α,β-unsaturated/α-hetero) is 1. The summed E-state index contributed by atoms with van der Waals surface area (Å²) in [5.41, 5.74) is 2.99. The van der Waals surface area contributed by atoms with E-state index in [0.717, 1.165) is 22.3 Å². The zero-order valence-electron chi connectivity index (χ0n) is 20.2. The van der Waals surface area contributed by atoms with Gasteiger partial charge in [0.1, 0.15) is 5.78 Å². The molecule has 2 amide bonds. The number of ketones is 1. The molecule has 6 heteroatoms. The third-order valence-corrected chi connectivity index (χ3v) is 7.88. The van der Waals surface area contributed by atoms with Crippen LogP contribution in [0.15, 0.2) is 72.8 Å². The smallest absolute Gasteiger partial charge is 0.338 e. The van der Waals surface area contributed by atoms with E-state index in [1.54, 1.807) is 38.1 Å². The van der Waals surface area contributed by atoms with Gasteiger partial charge < -0.3 is 4.74 Å². The van der Waals surface area contributed by atoms with Gasteiger partial charge >= 0.3 is 5.97 Å². The molecule has 1 saturated heterocycles. The minimum Gasteiger partial charge on any atom is -0.459 e. The van der Waals surface area contributed by atoms with Crippen LogP contribution in [0.1, 0.15) is 59.3 Å². The molecule has 3 aromatic carbocycles. The van der Waals surface area contributed by atoms with Crippen molar-refractivity contribution in [2.24, 2.45) is 11.8 Å². The third-order valence-electron chi connectivity index (χ3n) is 7.88. The number of nitrogens with zero attached hydrogens (tertiary/aromatic N) is 1. The molecule has 180 valence electrons. The molecule has 36 heavy (non-hydrogen) atoms. The molecule has 6 nitrogen and oxygen atoms in total. The van der Waals surface area contributed by atoms with E-state index in [1.807, 2.05) is 48.5 Å². The Balaban J connectivity index is 1.50. The minimum absolute atomic E-state index is 0.148. The number of amides is 2. The van der Waals surface area contributed by atoms with Gasteiger partial charge in [-0.2, -0.15) is 0 Å². The number of ether oxygens (including phenoxy) is 1. The van der Waals surface area contributed by atoms with Gasteiger partial charge in [0.2, 0.25) is 11.8 Å². The molecular weight excluding hydrogens is 454 g/mol. The first-order chi connectivity index (χ1) is 17.3. The zero-order valence-corrected chi connectivity index (χ0v) is 20.2. The predicted molar refractivity (Wildman–Crippen MR) is 133 cm³/mol. The Kier molecular flexibility index (Phi) is 4.80. The number of carbonyl (C=O) groups is 4. The zero-order chi connectivity index (χ0) is 25.4. The molecule has 3 aromatic rings. The van der Waals surface area contributed by atoms with E-state index in [2.05, 4.69) is 0 Å². The molecule has 1 heterocycles. The number of anilines is 1. The maximum absolute atomic E-state index is 14.1. The van der Waals surface area contributed by atoms with Gasteiger partial charge in [-0.3, -0.25) is 14.4 Å². The highest BCUT2D eigenvalue weighted by Gasteiger charge is 2.69. The number of rotatable bonds is 4. The molecule has 1 fully saturated rings. The average molecular weight is 480 g/mol. The SMILES string of the molecule is CC(=O)C12c3ccccc3C(c3ccccc31)[C@@H]1C(=O)N(c3ccc(C(=O)OC(C)C)cc3)C(=O)[C@@H]12. The molecule has 0 spiro atoms. The molecule has 2 bridgehead atoms. The molecule has 0 radical (unpaired) electrons. The molecule has 3 aliphatic carbocycles. The van der Waals surface area contributed by atoms with Crippen LogP contribution >= 0.6 is 0 Å². The van der Waals surface area contributed by atoms with E-state index in [0.29, 0.717) is 11.3 Å². The summed E-state index contributed by atoms with van der Waals surface area (Å²) in [6.45, 7) is 5.06. The van der Waals surface area contributed by atoms with Gasteiger partial charge in [0.15, 0.2) is 0 Å². The van der Waals surface area contributed by atoms with Crippen LogP contribution in [0, 0.1) is 11.8 Å². The van der Waals surface area contributed by atoms with E-state index in [1.165, 1.54) is 11.8 Å². The van der Waals surface area contributed by atoms with Crippen LogP contribution in [0.25, 0.3) is 0 Å². The quantitative estimate of drug-likeness (QED) is 0.410. The van der Waals surface area contributed by atoms with E-state index >= 15 is 0 Å². The lowest BCUT2D eigenvalue weighted by atomic mass is 9.46. The van der Waals surface area contributed by atoms with Gasteiger partial charge in [-0.25, -0.2) is 9.69 Å². The summed E-state index contributed by atoms with van der Waals surface area (Å²) in [7, 11) is 0. The van der Waals surface area contributed by atoms with Crippen LogP contribution in [0.3, 0.4) is 0 Å². The standard InChI is InChI=1S/C30H25NO5/c1-16(2)36-29(35)18-12-14-19(15-13-18)31-27(33)25-24-20-8-4-6-10-22(20)30(17(3)32,26(25)28(31)34)23-11-7-5-9-21(23)24/h4-16,24-26H,1-3H3/t24?,25-,26+,30?/m0/s1. The van der Waals surface area contributed by atoms with Crippen LogP contribution in [0.4, 0.5) is 5.69 Å². The summed E-state index contributed by atoms with van der Waals surface area (Å²) >= 11 is 0. The van der Waals surface area contributed by atoms with Crippen LogP contribution < -0.4 is 4.90 Å². The van der Waals surface area contributed by atoms with Crippen molar-refractivity contribution in [1.82, 2.24) is 0 Å². The summed E-state index contributed by atoms with van der Waals surface area (Å²) in [6, 6.07) is 21.7. The van der Waals surface area contributed by atoms with E-state index in [-0.39, 0.29) is 29.6 Å². The van der Waals surface area contributed by atoms with Crippen molar-refractivity contribution in [3.8, 4) is 0 Å². The van der Waals surface area contributed by atoms with Crippen molar-refractivity contribution in [3.63, 3.8) is 0 Å². The second-order valence-corrected chi connectivity index (χ2v) is 10.0. The molecule has 0 saturated carbocycles. The molecule has 0 aromatic heterocycles. The minimum atomic E-state index is -1.23. The number of hydrogen-bond acceptors (Lipinski definition) is 5. The van der Waals surface area contributed by atoms with Crippen molar-refractivity contribution in [1.29, 1.82) is 0 Å². The first-order valence-corrected chi connectivity index (χ1v) is 12.2. The van der Waals surface area contributed by atoms with Crippen molar-refractivity contribution >= 4 is 29.3 Å². The van der Waals surface area contributed by atoms with E-state index in [4.69, 9.17) is 4.74 Å². The lowest BCUT2D eigenvalue weighted by Crippen LogP contribution is -2.57. The van der Waals surface area contributed by atoms with Gasteiger partial charge in [0, 0.05) is 5.92 Å². The van der Waals surface area contributed by atoms with E-state index in [9.17, 15) is 19.2 Å². The number of carbonyl (C=O) groups excluding carboxylic acids is 4. The number of imide groups is 1. The lowest BCUT2D eigenvalue weighted by molar-refractivity contribution is -0.132. The molecule has 1 aliphatic heterocycles. The van der Waals surface area contributed by atoms with Crippen LogP contribution in [-0.4, -0.2) is 29.7 Å². The normalized spacial score (nSPS) is 25.4. The molecule has 0 unspecified atom stereocenters. The van der Waals surface area contributed by atoms with Crippen molar-refractivity contribution in [2.45, 2.75) is 38.2 Å². The first-order valence-electron chi connectivity index (χ1n) is 12.2. The highest BCUT2D eigenvalue weighted by atomic mass is 16.5. The summed E-state index contributed by atoms with van der Waals surface area (Å²) in [5.74, 6) is -3.15. The summed E-state index contributed by atoms with van der Waals surface area (Å²) in [4.78, 5) is 55.2. The van der Waals surface area contributed by atoms with Gasteiger partial charge in [-0.1, -0.05) is 48.5 Å². The molecule has 7 rings (SSSR count). The van der Waals surface area contributed by atoms with Crippen LogP contribution in [0.2, 0.25) is 0 Å². The Hall–Kier alpha value is -4.06. The molecule has 2 atom stereocenters. The fourth-order valence-electron chi connectivity index (χ4n) is 6.65. The van der Waals surface area contributed by atoms with Crippen molar-refractivity contribution in [2.75, 3.05) is 4.90 Å². The maximum atomic E-state index is 14.1. The Morgan fingerprint density at radius 3 is 1.92 bits per heavy atom. The predicted octanol–water partition coefficient (Wildman–Crippen LogP) is 4.39. The number of benzene rings is 3. The Morgan fingerprint density at radius 2 is 1.39 bits per heavy atom. The Bertz CT molecular complexity index is 1410. The number of esters is 1. The summed E-state index contributed by atoms with van der Waals surface area (Å²) < 4.78 is 5.24. The fraction of sp³-hybridized carbons (Fsp3) is 0.267. The van der Waals surface area contributed by atoms with Crippen molar-refractivity contribution in [3.05, 3.63) is 101 Å². The van der Waals surface area contributed by atoms with Gasteiger partial charge in [0.05, 0.1) is 34.6 Å². The van der Waals surface area contributed by atoms with Crippen molar-refractivity contribution < 1.29 is 23.9 Å². The van der Waals surface area contributed by atoms with Crippen LogP contribution in [-0.2, 0) is 24.5 Å². The monoisotopic (exact) mass is 479 g/mol. The van der Waals surface area contributed by atoms with E-state index < -0.39 is 23.2 Å². The summed E-state index contributed by atoms with van der Waals surface area (Å²) in [5, 5.41) is 0. The topological polar surface area (TPSA) is 80.8 Å². The number of hydrogen-bond donors (Lipinski definition) is 0. The van der Waals surface area contributed by atoms with Gasteiger partial charge in [0.25, 0.3) is 0 Å². The second-order valence-electron chi connectivity index (χ2n) is 10.0. The first kappa shape index (κ1) is 22.4. The largest absolute Gasteiger partial charge is 0.459 e. The second kappa shape index (κ2) is 7.72. The lowest BCUT2D eigenvalue weighted by Gasteiger charge is -2.52. The third kappa shape index (κ3) is 2.72. The molecule has 4 aliphatic rings. The molecular formula is C30H25NO5. The maximum Gasteiger partial charge on any atom is 0.338 e. The Labute approximate surface area is 208 Å². The summed E-state index contributed by atoms with van der Waals surface area (Å²) in [6.07, 6.45) is -0.261. The highest BCUT2D eigenvalue weighted by molar-refractivity contribution is 6.25.